The largest absolute Gasteiger partial charge is 0.450 e. The number of pyridine rings is 1. The Morgan fingerprint density at radius 2 is 1.64 bits per heavy atom. The third kappa shape index (κ3) is 5.51. The van der Waals surface area contributed by atoms with E-state index in [1.54, 1.807) is 73.9 Å². The van der Waals surface area contributed by atoms with Crippen LogP contribution in [0.1, 0.15) is 27.6 Å². The Kier molecular flexibility index (Phi) is 7.38. The second kappa shape index (κ2) is 11.0. The van der Waals surface area contributed by atoms with Crippen LogP contribution in [0.2, 0.25) is 5.02 Å². The van der Waals surface area contributed by atoms with Gasteiger partial charge in [0.2, 0.25) is 0 Å². The zero-order valence-corrected chi connectivity index (χ0v) is 21.8. The first-order valence-electron chi connectivity index (χ1n) is 12.4. The van der Waals surface area contributed by atoms with Crippen LogP contribution in [-0.4, -0.2) is 64.1 Å². The number of fused-ring (bicyclic) bond motifs is 1. The summed E-state index contributed by atoms with van der Waals surface area (Å²) in [6.07, 6.45) is 2.78. The Morgan fingerprint density at radius 3 is 2.31 bits per heavy atom. The van der Waals surface area contributed by atoms with Gasteiger partial charge in [0, 0.05) is 59.3 Å². The van der Waals surface area contributed by atoms with E-state index in [0.29, 0.717) is 21.8 Å². The lowest BCUT2D eigenvalue weighted by molar-refractivity contribution is 0.0897. The van der Waals surface area contributed by atoms with Crippen LogP contribution in [0.4, 0.5) is 4.79 Å². The van der Waals surface area contributed by atoms with E-state index in [1.165, 1.54) is 15.5 Å². The summed E-state index contributed by atoms with van der Waals surface area (Å²) >= 11 is 6.14. The first kappa shape index (κ1) is 26.1. The van der Waals surface area contributed by atoms with E-state index in [2.05, 4.69) is 15.6 Å². The number of ether oxygens (including phenoxy) is 1. The quantitative estimate of drug-likeness (QED) is 0.341. The van der Waals surface area contributed by atoms with Gasteiger partial charge in [-0.1, -0.05) is 23.7 Å². The van der Waals surface area contributed by atoms with Crippen LogP contribution in [0.5, 0.6) is 0 Å². The molecule has 2 aromatic carbocycles. The summed E-state index contributed by atoms with van der Waals surface area (Å²) in [5.74, 6) is -0.727. The molecular formula is C28H26ClN5O5. The molecule has 0 saturated carbocycles. The molecule has 10 nitrogen and oxygen atoms in total. The van der Waals surface area contributed by atoms with Crippen molar-refractivity contribution in [3.8, 4) is 5.69 Å². The topological polar surface area (TPSA) is 126 Å². The van der Waals surface area contributed by atoms with Gasteiger partial charge in [0.15, 0.2) is 0 Å². The maximum absolute atomic E-state index is 13.1. The van der Waals surface area contributed by atoms with Crippen LogP contribution in [0, 0.1) is 0 Å². The molecule has 3 N–H and O–H groups in total. The second-order valence-corrected chi connectivity index (χ2v) is 9.52. The highest BCUT2D eigenvalue weighted by molar-refractivity contribution is 6.35. The maximum atomic E-state index is 13.1. The number of hydrogen-bond acceptors (Lipinski definition) is 5. The van der Waals surface area contributed by atoms with Gasteiger partial charge in [0.05, 0.1) is 23.7 Å². The first-order valence-corrected chi connectivity index (χ1v) is 12.8. The van der Waals surface area contributed by atoms with Crippen LogP contribution in [-0.2, 0) is 4.74 Å². The predicted molar refractivity (Wildman–Crippen MR) is 146 cm³/mol. The van der Waals surface area contributed by atoms with Gasteiger partial charge in [-0.25, -0.2) is 4.79 Å². The standard InChI is InChI=1S/C28H26ClN5O5/c1-2-39-28(38)33-15-23(24(16-33)32-27(37)18-8-11-20-21(29)14-30-22(20)13-18)31-26(36)17-6-9-19(10-7-17)34-12-4-3-5-25(34)35/h3-14,23-24,30H,2,15-16H2,1H3,(H,31,36)(H,32,37)/t23-,24+/m0/s1. The van der Waals surface area contributed by atoms with Gasteiger partial charge in [0.25, 0.3) is 17.4 Å². The van der Waals surface area contributed by atoms with Crippen molar-refractivity contribution in [2.75, 3.05) is 19.7 Å². The first-order chi connectivity index (χ1) is 18.8. The molecule has 0 radical (unpaired) electrons. The third-order valence-corrected chi connectivity index (χ3v) is 6.92. The summed E-state index contributed by atoms with van der Waals surface area (Å²) in [6, 6.07) is 15.5. The highest BCUT2D eigenvalue weighted by Gasteiger charge is 2.38. The molecule has 2 atom stereocenters. The maximum Gasteiger partial charge on any atom is 0.409 e. The average Bonchev–Trinajstić information content (AvgIpc) is 3.51. The van der Waals surface area contributed by atoms with E-state index < -0.39 is 18.2 Å². The van der Waals surface area contributed by atoms with Gasteiger partial charge < -0.3 is 25.3 Å². The molecule has 1 saturated heterocycles. The minimum atomic E-state index is -0.564. The number of rotatable bonds is 6. The highest BCUT2D eigenvalue weighted by atomic mass is 35.5. The molecule has 2 aromatic heterocycles. The van der Waals surface area contributed by atoms with E-state index in [9.17, 15) is 19.2 Å². The molecule has 3 heterocycles. The Hall–Kier alpha value is -4.57. The summed E-state index contributed by atoms with van der Waals surface area (Å²) in [6.45, 7) is 2.25. The number of H-pyrrole nitrogens is 1. The minimum absolute atomic E-state index is 0.165. The van der Waals surface area contributed by atoms with Gasteiger partial charge in [-0.2, -0.15) is 0 Å². The van der Waals surface area contributed by atoms with Crippen molar-refractivity contribution in [1.82, 2.24) is 25.1 Å². The summed E-state index contributed by atoms with van der Waals surface area (Å²) in [4.78, 5) is 55.3. The van der Waals surface area contributed by atoms with Crippen LogP contribution >= 0.6 is 11.6 Å². The minimum Gasteiger partial charge on any atom is -0.450 e. The van der Waals surface area contributed by atoms with Gasteiger partial charge in [-0.3, -0.25) is 19.0 Å². The van der Waals surface area contributed by atoms with Crippen molar-refractivity contribution >= 4 is 40.4 Å². The molecule has 3 amide bonds. The molecule has 0 bridgehead atoms. The Bertz CT molecular complexity index is 1600. The fraction of sp³-hybridized carbons (Fsp3) is 0.214. The van der Waals surface area contributed by atoms with Crippen LogP contribution in [0.15, 0.2) is 77.9 Å². The van der Waals surface area contributed by atoms with Crippen molar-refractivity contribution in [3.63, 3.8) is 0 Å². The van der Waals surface area contributed by atoms with Crippen molar-refractivity contribution in [2.24, 2.45) is 0 Å². The van der Waals surface area contributed by atoms with E-state index in [0.717, 1.165) is 10.9 Å². The molecule has 1 aliphatic heterocycles. The van der Waals surface area contributed by atoms with Crippen molar-refractivity contribution in [3.05, 3.63) is 99.6 Å². The summed E-state index contributed by atoms with van der Waals surface area (Å²) in [5, 5.41) is 7.25. The number of amides is 3. The van der Waals surface area contributed by atoms with E-state index in [4.69, 9.17) is 16.3 Å². The van der Waals surface area contributed by atoms with Crippen LogP contribution in [0.3, 0.4) is 0 Å². The average molecular weight is 548 g/mol. The van der Waals surface area contributed by atoms with E-state index in [1.807, 2.05) is 0 Å². The lowest BCUT2D eigenvalue weighted by atomic mass is 10.1. The van der Waals surface area contributed by atoms with Crippen molar-refractivity contribution in [2.45, 2.75) is 19.0 Å². The molecule has 1 fully saturated rings. The summed E-state index contributed by atoms with van der Waals surface area (Å²) in [5.41, 5.74) is 1.94. The molecule has 4 aromatic rings. The number of nitrogens with one attached hydrogen (secondary N) is 3. The van der Waals surface area contributed by atoms with Crippen LogP contribution < -0.4 is 16.2 Å². The second-order valence-electron chi connectivity index (χ2n) is 9.12. The molecule has 0 unspecified atom stereocenters. The molecule has 200 valence electrons. The molecule has 11 heteroatoms. The number of carbonyl (C=O) groups is 3. The molecule has 5 rings (SSSR count). The number of likely N-dealkylation sites (tertiary alicyclic amines) is 1. The van der Waals surface area contributed by atoms with Crippen molar-refractivity contribution < 1.29 is 19.1 Å². The molecule has 1 aliphatic rings. The number of halogens is 1. The van der Waals surface area contributed by atoms with Gasteiger partial charge in [-0.05, 0) is 49.4 Å². The van der Waals surface area contributed by atoms with E-state index >= 15 is 0 Å². The number of aromatic nitrogens is 2. The zero-order chi connectivity index (χ0) is 27.5. The Labute approximate surface area is 228 Å². The monoisotopic (exact) mass is 547 g/mol. The Morgan fingerprint density at radius 1 is 0.974 bits per heavy atom. The smallest absolute Gasteiger partial charge is 0.409 e. The number of aromatic amines is 1. The molecule has 39 heavy (non-hydrogen) atoms. The normalized spacial score (nSPS) is 16.7. The fourth-order valence-corrected chi connectivity index (χ4v) is 4.83. The lowest BCUT2D eigenvalue weighted by Gasteiger charge is -2.21. The number of hydrogen-bond donors (Lipinski definition) is 3. The predicted octanol–water partition coefficient (Wildman–Crippen LogP) is 3.34. The van der Waals surface area contributed by atoms with E-state index in [-0.39, 0.29) is 37.1 Å². The van der Waals surface area contributed by atoms with Gasteiger partial charge in [-0.15, -0.1) is 0 Å². The molecule has 0 aliphatic carbocycles. The van der Waals surface area contributed by atoms with Gasteiger partial charge >= 0.3 is 6.09 Å². The Balaban J connectivity index is 1.32. The van der Waals surface area contributed by atoms with Crippen molar-refractivity contribution in [1.29, 1.82) is 0 Å². The molecular weight excluding hydrogens is 522 g/mol. The van der Waals surface area contributed by atoms with Gasteiger partial charge in [0.1, 0.15) is 0 Å². The zero-order valence-electron chi connectivity index (χ0n) is 21.0. The number of benzene rings is 2. The summed E-state index contributed by atoms with van der Waals surface area (Å²) in [7, 11) is 0. The fourth-order valence-electron chi connectivity index (χ4n) is 4.61. The lowest BCUT2D eigenvalue weighted by Crippen LogP contribution is -2.51. The van der Waals surface area contributed by atoms with Crippen LogP contribution in [0.25, 0.3) is 16.6 Å². The number of carbonyl (C=O) groups excluding carboxylic acids is 3. The highest BCUT2D eigenvalue weighted by Crippen LogP contribution is 2.24. The number of nitrogens with zero attached hydrogens (tertiary/aromatic N) is 2. The SMILES string of the molecule is CCOC(=O)N1C[C@H](NC(=O)c2ccc(-n3ccccc3=O)cc2)[C@H](NC(=O)c2ccc3c(Cl)c[nH]c3c2)C1. The summed E-state index contributed by atoms with van der Waals surface area (Å²) < 4.78 is 6.61. The third-order valence-electron chi connectivity index (χ3n) is 6.60. The molecule has 0 spiro atoms.